The molecular weight excluding hydrogens is 336 g/mol. The number of aryl methyl sites for hydroxylation is 1. The summed E-state index contributed by atoms with van der Waals surface area (Å²) in [5.74, 6) is 0.821. The Balaban J connectivity index is 1.62. The molecule has 1 aliphatic rings. The average molecular weight is 359 g/mol. The molecule has 5 heteroatoms. The highest BCUT2D eigenvalue weighted by molar-refractivity contribution is 6.30. The van der Waals surface area contributed by atoms with Gasteiger partial charge in [-0.15, -0.1) is 0 Å². The second-order valence-corrected chi connectivity index (χ2v) is 6.72. The number of halogens is 1. The Labute approximate surface area is 154 Å². The number of para-hydroxylation sites is 1. The Morgan fingerprint density at radius 1 is 1.12 bits per heavy atom. The van der Waals surface area contributed by atoms with E-state index in [1.165, 1.54) is 11.3 Å². The summed E-state index contributed by atoms with van der Waals surface area (Å²) in [5.41, 5.74) is 3.36. The fourth-order valence-electron chi connectivity index (χ4n) is 3.28. The SMILES string of the molecule is COc1ccc(Cl)cc1CC(=O)N1CCN(c2ccccc2C)CC1. The number of hydrogen-bond acceptors (Lipinski definition) is 3. The normalized spacial score (nSPS) is 14.5. The van der Waals surface area contributed by atoms with E-state index < -0.39 is 0 Å². The summed E-state index contributed by atoms with van der Waals surface area (Å²) in [5, 5.41) is 0.618. The third-order valence-corrected chi connectivity index (χ3v) is 4.91. The second-order valence-electron chi connectivity index (χ2n) is 6.29. The largest absolute Gasteiger partial charge is 0.496 e. The minimum Gasteiger partial charge on any atom is -0.496 e. The quantitative estimate of drug-likeness (QED) is 0.838. The first kappa shape index (κ1) is 17.6. The number of carbonyl (C=O) groups is 1. The molecule has 0 saturated carbocycles. The number of carbonyl (C=O) groups excluding carboxylic acids is 1. The van der Waals surface area contributed by atoms with Crippen molar-refractivity contribution in [3.05, 3.63) is 58.6 Å². The van der Waals surface area contributed by atoms with E-state index in [1.54, 1.807) is 19.2 Å². The van der Waals surface area contributed by atoms with Crippen molar-refractivity contribution in [3.63, 3.8) is 0 Å². The van der Waals surface area contributed by atoms with Crippen molar-refractivity contribution in [1.29, 1.82) is 0 Å². The molecule has 1 aliphatic heterocycles. The number of rotatable bonds is 4. The zero-order chi connectivity index (χ0) is 17.8. The molecule has 25 heavy (non-hydrogen) atoms. The van der Waals surface area contributed by atoms with Crippen molar-refractivity contribution >= 4 is 23.2 Å². The lowest BCUT2D eigenvalue weighted by atomic mass is 10.1. The Morgan fingerprint density at radius 3 is 2.52 bits per heavy atom. The molecular formula is C20H23ClN2O2. The molecule has 0 spiro atoms. The molecule has 0 radical (unpaired) electrons. The molecule has 2 aromatic carbocycles. The van der Waals surface area contributed by atoms with Gasteiger partial charge in [0.2, 0.25) is 5.91 Å². The van der Waals surface area contributed by atoms with Crippen LogP contribution in [0, 0.1) is 6.92 Å². The first-order valence-corrected chi connectivity index (χ1v) is 8.87. The highest BCUT2D eigenvalue weighted by Crippen LogP contribution is 2.24. The van der Waals surface area contributed by atoms with Crippen molar-refractivity contribution in [3.8, 4) is 5.75 Å². The Hall–Kier alpha value is -2.20. The van der Waals surface area contributed by atoms with Crippen LogP contribution >= 0.6 is 11.6 Å². The van der Waals surface area contributed by atoms with Crippen molar-refractivity contribution in [2.75, 3.05) is 38.2 Å². The summed E-state index contributed by atoms with van der Waals surface area (Å²) in [4.78, 5) is 16.9. The maximum atomic E-state index is 12.7. The first-order valence-electron chi connectivity index (χ1n) is 8.49. The van der Waals surface area contributed by atoms with Crippen LogP contribution in [0.25, 0.3) is 0 Å². The number of nitrogens with zero attached hydrogens (tertiary/aromatic N) is 2. The first-order chi connectivity index (χ1) is 12.1. The molecule has 1 saturated heterocycles. The Kier molecular flexibility index (Phi) is 5.49. The predicted molar refractivity (Wildman–Crippen MR) is 102 cm³/mol. The van der Waals surface area contributed by atoms with Gasteiger partial charge in [0.1, 0.15) is 5.75 Å². The van der Waals surface area contributed by atoms with Gasteiger partial charge in [0.05, 0.1) is 13.5 Å². The van der Waals surface area contributed by atoms with Crippen LogP contribution in [0.2, 0.25) is 5.02 Å². The minimum atomic E-state index is 0.116. The maximum Gasteiger partial charge on any atom is 0.227 e. The fraction of sp³-hybridized carbons (Fsp3) is 0.350. The van der Waals surface area contributed by atoms with Crippen LogP contribution in [0.1, 0.15) is 11.1 Å². The van der Waals surface area contributed by atoms with E-state index in [0.717, 1.165) is 31.7 Å². The molecule has 3 rings (SSSR count). The molecule has 0 atom stereocenters. The molecule has 1 amide bonds. The van der Waals surface area contributed by atoms with Gasteiger partial charge in [-0.1, -0.05) is 29.8 Å². The number of piperazine rings is 1. The molecule has 0 aromatic heterocycles. The maximum absolute atomic E-state index is 12.7. The van der Waals surface area contributed by atoms with Crippen LogP contribution in [-0.2, 0) is 11.2 Å². The van der Waals surface area contributed by atoms with E-state index >= 15 is 0 Å². The average Bonchev–Trinajstić information content (AvgIpc) is 2.62. The monoisotopic (exact) mass is 358 g/mol. The van der Waals surface area contributed by atoms with E-state index in [0.29, 0.717) is 17.2 Å². The lowest BCUT2D eigenvalue weighted by Gasteiger charge is -2.37. The molecule has 1 heterocycles. The summed E-state index contributed by atoms with van der Waals surface area (Å²) in [7, 11) is 1.61. The van der Waals surface area contributed by atoms with Gasteiger partial charge in [0.25, 0.3) is 0 Å². The van der Waals surface area contributed by atoms with Crippen LogP contribution < -0.4 is 9.64 Å². The number of anilines is 1. The molecule has 132 valence electrons. The topological polar surface area (TPSA) is 32.8 Å². The van der Waals surface area contributed by atoms with Gasteiger partial charge in [-0.05, 0) is 36.8 Å². The lowest BCUT2D eigenvalue weighted by Crippen LogP contribution is -2.49. The van der Waals surface area contributed by atoms with Crippen molar-refractivity contribution in [2.24, 2.45) is 0 Å². The molecule has 0 bridgehead atoms. The van der Waals surface area contributed by atoms with Gasteiger partial charge in [-0.2, -0.15) is 0 Å². The van der Waals surface area contributed by atoms with E-state index in [9.17, 15) is 4.79 Å². The molecule has 1 fully saturated rings. The molecule has 2 aromatic rings. The zero-order valence-corrected chi connectivity index (χ0v) is 15.4. The van der Waals surface area contributed by atoms with Gasteiger partial charge in [0, 0.05) is 42.5 Å². The third-order valence-electron chi connectivity index (χ3n) is 4.67. The fourth-order valence-corrected chi connectivity index (χ4v) is 3.47. The highest BCUT2D eigenvalue weighted by atomic mass is 35.5. The van der Waals surface area contributed by atoms with E-state index in [-0.39, 0.29) is 5.91 Å². The van der Waals surface area contributed by atoms with E-state index in [2.05, 4.69) is 36.1 Å². The van der Waals surface area contributed by atoms with Crippen LogP contribution in [0.4, 0.5) is 5.69 Å². The van der Waals surface area contributed by atoms with Crippen LogP contribution in [0.15, 0.2) is 42.5 Å². The lowest BCUT2D eigenvalue weighted by molar-refractivity contribution is -0.130. The standard InChI is InChI=1S/C20H23ClN2O2/c1-15-5-3-4-6-18(15)22-9-11-23(12-10-22)20(24)14-16-13-17(21)7-8-19(16)25-2/h3-8,13H,9-12,14H2,1-2H3. The summed E-state index contributed by atoms with van der Waals surface area (Å²) >= 11 is 6.06. The van der Waals surface area contributed by atoms with E-state index in [4.69, 9.17) is 16.3 Å². The van der Waals surface area contributed by atoms with Crippen molar-refractivity contribution in [2.45, 2.75) is 13.3 Å². The number of benzene rings is 2. The molecule has 0 unspecified atom stereocenters. The molecule has 4 nitrogen and oxygen atoms in total. The van der Waals surface area contributed by atoms with E-state index in [1.807, 2.05) is 11.0 Å². The van der Waals surface area contributed by atoms with Gasteiger partial charge in [0.15, 0.2) is 0 Å². The number of ether oxygens (including phenoxy) is 1. The third kappa shape index (κ3) is 4.07. The summed E-state index contributed by atoms with van der Waals surface area (Å²) in [6.45, 7) is 5.29. The highest BCUT2D eigenvalue weighted by Gasteiger charge is 2.23. The summed E-state index contributed by atoms with van der Waals surface area (Å²) in [6, 6.07) is 13.8. The summed E-state index contributed by atoms with van der Waals surface area (Å²) < 4.78 is 5.34. The smallest absolute Gasteiger partial charge is 0.227 e. The molecule has 0 aliphatic carbocycles. The van der Waals surface area contributed by atoms with Crippen LogP contribution in [-0.4, -0.2) is 44.1 Å². The van der Waals surface area contributed by atoms with Gasteiger partial charge >= 0.3 is 0 Å². The second kappa shape index (κ2) is 7.79. The van der Waals surface area contributed by atoms with Crippen molar-refractivity contribution < 1.29 is 9.53 Å². The molecule has 0 N–H and O–H groups in total. The number of amides is 1. The van der Waals surface area contributed by atoms with Crippen LogP contribution in [0.3, 0.4) is 0 Å². The minimum absolute atomic E-state index is 0.116. The van der Waals surface area contributed by atoms with Gasteiger partial charge in [-0.25, -0.2) is 0 Å². The van der Waals surface area contributed by atoms with Crippen molar-refractivity contribution in [1.82, 2.24) is 4.90 Å². The number of methoxy groups -OCH3 is 1. The van der Waals surface area contributed by atoms with Gasteiger partial charge in [-0.3, -0.25) is 4.79 Å². The Bertz CT molecular complexity index is 755. The summed E-state index contributed by atoms with van der Waals surface area (Å²) in [6.07, 6.45) is 0.314. The van der Waals surface area contributed by atoms with Gasteiger partial charge < -0.3 is 14.5 Å². The Morgan fingerprint density at radius 2 is 1.84 bits per heavy atom. The predicted octanol–water partition coefficient (Wildman–Crippen LogP) is 3.55. The van der Waals surface area contributed by atoms with Crippen LogP contribution in [0.5, 0.6) is 5.75 Å². The zero-order valence-electron chi connectivity index (χ0n) is 14.7. The number of hydrogen-bond donors (Lipinski definition) is 0.